The third-order valence-corrected chi connectivity index (χ3v) is 5.00. The Kier molecular flexibility index (Phi) is 4.68. The molecule has 2 aromatic rings. The van der Waals surface area contributed by atoms with Gasteiger partial charge in [0.2, 0.25) is 11.8 Å². The van der Waals surface area contributed by atoms with E-state index in [2.05, 4.69) is 4.98 Å². The fraction of sp³-hybridized carbons (Fsp3) is 0.438. The van der Waals surface area contributed by atoms with Gasteiger partial charge in [0.15, 0.2) is 0 Å². The van der Waals surface area contributed by atoms with Gasteiger partial charge in [0.25, 0.3) is 0 Å². The molecule has 3 heterocycles. The summed E-state index contributed by atoms with van der Waals surface area (Å²) in [6, 6.07) is 2.94. The Bertz CT molecular complexity index is 740. The minimum Gasteiger partial charge on any atom is -0.480 e. The van der Waals surface area contributed by atoms with Crippen LogP contribution in [0.3, 0.4) is 0 Å². The van der Waals surface area contributed by atoms with Crippen molar-refractivity contribution < 1.29 is 23.8 Å². The third kappa shape index (κ3) is 3.20. The number of aryl methyl sites for hydroxylation is 1. The molecule has 1 N–H and O–H groups in total. The van der Waals surface area contributed by atoms with Crippen molar-refractivity contribution in [2.24, 2.45) is 0 Å². The zero-order valence-electron chi connectivity index (χ0n) is 13.4. The van der Waals surface area contributed by atoms with Gasteiger partial charge >= 0.3 is 5.97 Å². The fourth-order valence-electron chi connectivity index (χ4n) is 2.82. The predicted octanol–water partition coefficient (Wildman–Crippen LogP) is 1.95. The SMILES string of the molecule is COC1CC(C(=O)O)N(C(=O)Cc2nc(-c3cccs3)oc2C)C1. The van der Waals surface area contributed by atoms with Crippen molar-refractivity contribution in [3.8, 4) is 10.8 Å². The van der Waals surface area contributed by atoms with E-state index in [4.69, 9.17) is 9.15 Å². The van der Waals surface area contributed by atoms with Crippen molar-refractivity contribution >= 4 is 23.2 Å². The van der Waals surface area contributed by atoms with Gasteiger partial charge in [0.1, 0.15) is 11.8 Å². The number of hydrogen-bond acceptors (Lipinski definition) is 6. The lowest BCUT2D eigenvalue weighted by molar-refractivity contribution is -0.148. The third-order valence-electron chi connectivity index (χ3n) is 4.14. The van der Waals surface area contributed by atoms with Crippen LogP contribution in [0.5, 0.6) is 0 Å². The number of thiophene rings is 1. The van der Waals surface area contributed by atoms with Crippen LogP contribution in [0.2, 0.25) is 0 Å². The molecule has 8 heteroatoms. The maximum atomic E-state index is 12.6. The Balaban J connectivity index is 1.76. The van der Waals surface area contributed by atoms with E-state index >= 15 is 0 Å². The Hall–Kier alpha value is -2.19. The van der Waals surface area contributed by atoms with Gasteiger partial charge in [-0.2, -0.15) is 0 Å². The molecule has 0 aliphatic carbocycles. The van der Waals surface area contributed by atoms with E-state index in [1.165, 1.54) is 23.3 Å². The summed E-state index contributed by atoms with van der Waals surface area (Å²) in [5.41, 5.74) is 0.536. The standard InChI is InChI=1S/C16H18N2O5S/c1-9-11(17-15(23-9)13-4-3-5-24-13)7-14(19)18-8-10(22-2)6-12(18)16(20)21/h3-5,10,12H,6-8H2,1-2H3,(H,20,21). The molecule has 0 spiro atoms. The van der Waals surface area contributed by atoms with E-state index in [1.807, 2.05) is 17.5 Å². The molecule has 2 atom stereocenters. The normalized spacial score (nSPS) is 20.5. The number of carboxylic acid groups (broad SMARTS) is 1. The maximum absolute atomic E-state index is 12.6. The number of carbonyl (C=O) groups excluding carboxylic acids is 1. The molecule has 3 rings (SSSR count). The molecular weight excluding hydrogens is 332 g/mol. The number of methoxy groups -OCH3 is 1. The van der Waals surface area contributed by atoms with E-state index in [0.717, 1.165) is 4.88 Å². The Labute approximate surface area is 142 Å². The molecule has 2 aromatic heterocycles. The highest BCUT2D eigenvalue weighted by molar-refractivity contribution is 7.13. The van der Waals surface area contributed by atoms with Gasteiger partial charge in [-0.05, 0) is 18.4 Å². The second-order valence-electron chi connectivity index (χ2n) is 5.67. The first kappa shape index (κ1) is 16.7. The van der Waals surface area contributed by atoms with Crippen LogP contribution < -0.4 is 0 Å². The maximum Gasteiger partial charge on any atom is 0.326 e. The number of amides is 1. The van der Waals surface area contributed by atoms with Crippen molar-refractivity contribution in [2.45, 2.75) is 31.9 Å². The van der Waals surface area contributed by atoms with Gasteiger partial charge in [-0.25, -0.2) is 9.78 Å². The molecule has 2 unspecified atom stereocenters. The highest BCUT2D eigenvalue weighted by Gasteiger charge is 2.40. The smallest absolute Gasteiger partial charge is 0.326 e. The summed E-state index contributed by atoms with van der Waals surface area (Å²) >= 11 is 1.50. The highest BCUT2D eigenvalue weighted by atomic mass is 32.1. The van der Waals surface area contributed by atoms with Crippen LogP contribution >= 0.6 is 11.3 Å². The Morgan fingerprint density at radius 2 is 2.33 bits per heavy atom. The molecule has 1 saturated heterocycles. The second kappa shape index (κ2) is 6.74. The largest absolute Gasteiger partial charge is 0.480 e. The van der Waals surface area contributed by atoms with Crippen LogP contribution in [0.25, 0.3) is 10.8 Å². The number of oxazole rings is 1. The summed E-state index contributed by atoms with van der Waals surface area (Å²) in [7, 11) is 1.52. The topological polar surface area (TPSA) is 92.9 Å². The first-order valence-electron chi connectivity index (χ1n) is 7.54. The summed E-state index contributed by atoms with van der Waals surface area (Å²) in [5, 5.41) is 11.2. The zero-order chi connectivity index (χ0) is 17.3. The highest BCUT2D eigenvalue weighted by Crippen LogP contribution is 2.27. The van der Waals surface area contributed by atoms with Crippen molar-refractivity contribution in [2.75, 3.05) is 13.7 Å². The minimum atomic E-state index is -1.01. The molecule has 0 saturated carbocycles. The van der Waals surface area contributed by atoms with Gasteiger partial charge in [0.05, 0.1) is 23.1 Å². The first-order chi connectivity index (χ1) is 11.5. The summed E-state index contributed by atoms with van der Waals surface area (Å²) in [4.78, 5) is 30.6. The second-order valence-corrected chi connectivity index (χ2v) is 6.62. The van der Waals surface area contributed by atoms with E-state index in [-0.39, 0.29) is 25.0 Å². The first-order valence-corrected chi connectivity index (χ1v) is 8.42. The van der Waals surface area contributed by atoms with E-state index < -0.39 is 12.0 Å². The molecule has 24 heavy (non-hydrogen) atoms. The average Bonchev–Trinajstić information content (AvgIpc) is 3.26. The quantitative estimate of drug-likeness (QED) is 0.886. The van der Waals surface area contributed by atoms with Crippen molar-refractivity contribution in [3.63, 3.8) is 0 Å². The lowest BCUT2D eigenvalue weighted by atomic mass is 10.2. The number of carboxylic acids is 1. The Morgan fingerprint density at radius 1 is 1.54 bits per heavy atom. The van der Waals surface area contributed by atoms with Crippen LogP contribution in [0.15, 0.2) is 21.9 Å². The van der Waals surface area contributed by atoms with E-state index in [0.29, 0.717) is 23.8 Å². The van der Waals surface area contributed by atoms with Crippen LogP contribution in [0.4, 0.5) is 0 Å². The summed E-state index contributed by atoms with van der Waals surface area (Å²) in [6.07, 6.45) is 0.0617. The molecule has 0 bridgehead atoms. The number of likely N-dealkylation sites (tertiary alicyclic amines) is 1. The minimum absolute atomic E-state index is 0.0148. The number of nitrogens with zero attached hydrogens (tertiary/aromatic N) is 2. The lowest BCUT2D eigenvalue weighted by Gasteiger charge is -2.20. The summed E-state index contributed by atoms with van der Waals surface area (Å²) in [6.45, 7) is 2.03. The van der Waals surface area contributed by atoms with Crippen LogP contribution in [-0.2, 0) is 20.7 Å². The Morgan fingerprint density at radius 3 is 2.96 bits per heavy atom. The van der Waals surface area contributed by atoms with Crippen LogP contribution in [0.1, 0.15) is 17.9 Å². The zero-order valence-corrected chi connectivity index (χ0v) is 14.2. The van der Waals surface area contributed by atoms with Crippen molar-refractivity contribution in [1.82, 2.24) is 9.88 Å². The number of rotatable bonds is 5. The van der Waals surface area contributed by atoms with E-state index in [1.54, 1.807) is 6.92 Å². The number of aliphatic carboxylic acids is 1. The summed E-state index contributed by atoms with van der Waals surface area (Å²) in [5.74, 6) is -0.243. The predicted molar refractivity (Wildman–Crippen MR) is 86.8 cm³/mol. The van der Waals surface area contributed by atoms with Gasteiger partial charge in [-0.1, -0.05) is 6.07 Å². The van der Waals surface area contributed by atoms with Gasteiger partial charge in [-0.15, -0.1) is 11.3 Å². The lowest BCUT2D eigenvalue weighted by Crippen LogP contribution is -2.41. The molecule has 7 nitrogen and oxygen atoms in total. The molecule has 1 aliphatic heterocycles. The van der Waals surface area contributed by atoms with Crippen molar-refractivity contribution in [3.05, 3.63) is 29.0 Å². The summed E-state index contributed by atoms with van der Waals surface area (Å²) < 4.78 is 10.8. The molecule has 1 fully saturated rings. The molecule has 1 amide bonds. The number of ether oxygens (including phenoxy) is 1. The number of hydrogen-bond donors (Lipinski definition) is 1. The molecule has 128 valence electrons. The number of aromatic nitrogens is 1. The fourth-order valence-corrected chi connectivity index (χ4v) is 3.47. The van der Waals surface area contributed by atoms with Gasteiger partial charge < -0.3 is 19.2 Å². The molecule has 0 aromatic carbocycles. The molecule has 0 radical (unpaired) electrons. The number of carbonyl (C=O) groups is 2. The van der Waals surface area contributed by atoms with Gasteiger partial charge in [-0.3, -0.25) is 4.79 Å². The van der Waals surface area contributed by atoms with Gasteiger partial charge in [0, 0.05) is 20.1 Å². The average molecular weight is 350 g/mol. The monoisotopic (exact) mass is 350 g/mol. The van der Waals surface area contributed by atoms with Crippen molar-refractivity contribution in [1.29, 1.82) is 0 Å². The van der Waals surface area contributed by atoms with E-state index in [9.17, 15) is 14.7 Å². The van der Waals surface area contributed by atoms with Crippen LogP contribution in [-0.4, -0.2) is 52.7 Å². The molecule has 1 aliphatic rings. The van der Waals surface area contributed by atoms with Crippen LogP contribution in [0, 0.1) is 6.92 Å². The molecular formula is C16H18N2O5S.